The molecule has 9 nitrogen and oxygen atoms in total. The fourth-order valence-corrected chi connectivity index (χ4v) is 3.04. The Kier molecular flexibility index (Phi) is 6.12. The molecule has 30 heavy (non-hydrogen) atoms. The number of rotatable bonds is 6. The van der Waals surface area contributed by atoms with Crippen molar-refractivity contribution in [3.8, 4) is 0 Å². The maximum atomic E-state index is 12.9. The Morgan fingerprint density at radius 1 is 1.20 bits per heavy atom. The lowest BCUT2D eigenvalue weighted by atomic mass is 10.1. The number of nitro benzene ring substituents is 1. The van der Waals surface area contributed by atoms with Crippen LogP contribution in [0.5, 0.6) is 0 Å². The van der Waals surface area contributed by atoms with Crippen molar-refractivity contribution >= 4 is 34.8 Å². The lowest BCUT2D eigenvalue weighted by molar-refractivity contribution is -0.384. The average molecular weight is 429 g/mol. The van der Waals surface area contributed by atoms with Gasteiger partial charge in [-0.1, -0.05) is 28.9 Å². The van der Waals surface area contributed by atoms with Gasteiger partial charge in [-0.25, -0.2) is 0 Å². The minimum atomic E-state index is -0.603. The fraction of sp³-hybridized carbons (Fsp3) is 0.150. The van der Waals surface area contributed by atoms with Crippen molar-refractivity contribution in [2.45, 2.75) is 13.5 Å². The predicted octanol–water partition coefficient (Wildman–Crippen LogP) is 4.07. The molecular weight excluding hydrogens is 412 g/mol. The monoisotopic (exact) mass is 428 g/mol. The molecule has 0 aliphatic carbocycles. The zero-order valence-electron chi connectivity index (χ0n) is 16.1. The highest BCUT2D eigenvalue weighted by atomic mass is 35.5. The van der Waals surface area contributed by atoms with E-state index in [0.717, 1.165) is 6.07 Å². The highest BCUT2D eigenvalue weighted by Crippen LogP contribution is 2.25. The van der Waals surface area contributed by atoms with Gasteiger partial charge in [0.05, 0.1) is 33.3 Å². The highest BCUT2D eigenvalue weighted by Gasteiger charge is 2.20. The van der Waals surface area contributed by atoms with Crippen LogP contribution in [0, 0.1) is 17.0 Å². The number of non-ortho nitro benzene ring substituents is 1. The Hall–Kier alpha value is -3.72. The van der Waals surface area contributed by atoms with Crippen LogP contribution in [0.1, 0.15) is 32.2 Å². The van der Waals surface area contributed by atoms with Crippen molar-refractivity contribution in [1.82, 2.24) is 10.1 Å². The summed E-state index contributed by atoms with van der Waals surface area (Å²) in [7, 11) is 1.61. The van der Waals surface area contributed by atoms with Gasteiger partial charge in [0.2, 0.25) is 0 Å². The number of hydrogen-bond donors (Lipinski definition) is 1. The van der Waals surface area contributed by atoms with Gasteiger partial charge in [-0.05, 0) is 25.1 Å². The molecule has 2 aromatic carbocycles. The van der Waals surface area contributed by atoms with Crippen LogP contribution < -0.4 is 5.32 Å². The average Bonchev–Trinajstić information content (AvgIpc) is 3.12. The molecule has 0 saturated heterocycles. The third kappa shape index (κ3) is 4.64. The number of benzene rings is 2. The minimum Gasteiger partial charge on any atom is -0.361 e. The van der Waals surface area contributed by atoms with Crippen LogP contribution in [0.3, 0.4) is 0 Å². The molecule has 3 rings (SSSR count). The molecular formula is C20H17ClN4O5. The highest BCUT2D eigenvalue weighted by molar-refractivity contribution is 6.34. The van der Waals surface area contributed by atoms with E-state index in [-0.39, 0.29) is 40.0 Å². The molecule has 10 heteroatoms. The number of nitrogens with one attached hydrogen (secondary N) is 1. The number of carbonyl (C=O) groups is 2. The molecule has 154 valence electrons. The molecule has 3 aromatic rings. The van der Waals surface area contributed by atoms with Crippen molar-refractivity contribution in [1.29, 1.82) is 0 Å². The Morgan fingerprint density at radius 3 is 2.57 bits per heavy atom. The number of hydrogen-bond acceptors (Lipinski definition) is 6. The summed E-state index contributed by atoms with van der Waals surface area (Å²) >= 11 is 6.02. The lowest BCUT2D eigenvalue weighted by Crippen LogP contribution is -2.27. The van der Waals surface area contributed by atoms with Crippen LogP contribution in [0.15, 0.2) is 53.1 Å². The van der Waals surface area contributed by atoms with Gasteiger partial charge in [0.25, 0.3) is 17.5 Å². The first-order valence-electron chi connectivity index (χ1n) is 8.78. The standard InChI is InChI=1S/C20H17ClN4O5/c1-12-9-13(23-30-12)11-24(2)20(27)16-5-3-4-6-18(16)22-19(26)15-8-7-14(25(28)29)10-17(15)21/h3-10H,11H2,1-2H3,(H,22,26). The third-order valence-electron chi connectivity index (χ3n) is 4.24. The topological polar surface area (TPSA) is 119 Å². The molecule has 0 aliphatic rings. The van der Waals surface area contributed by atoms with Crippen LogP contribution in [0.4, 0.5) is 11.4 Å². The Balaban J connectivity index is 1.80. The van der Waals surface area contributed by atoms with Gasteiger partial charge in [0, 0.05) is 25.2 Å². The first-order chi connectivity index (χ1) is 14.3. The number of nitrogens with zero attached hydrogens (tertiary/aromatic N) is 3. The maximum Gasteiger partial charge on any atom is 0.270 e. The molecule has 0 saturated carbocycles. The molecule has 1 aromatic heterocycles. The fourth-order valence-electron chi connectivity index (χ4n) is 2.78. The van der Waals surface area contributed by atoms with E-state index in [4.69, 9.17) is 16.1 Å². The lowest BCUT2D eigenvalue weighted by Gasteiger charge is -2.18. The van der Waals surface area contributed by atoms with Crippen LogP contribution in [0.2, 0.25) is 5.02 Å². The van der Waals surface area contributed by atoms with Crippen molar-refractivity contribution in [3.63, 3.8) is 0 Å². The Bertz CT molecular complexity index is 1130. The Morgan fingerprint density at radius 2 is 1.93 bits per heavy atom. The largest absolute Gasteiger partial charge is 0.361 e. The number of aromatic nitrogens is 1. The van der Waals surface area contributed by atoms with Crippen LogP contribution >= 0.6 is 11.6 Å². The van der Waals surface area contributed by atoms with E-state index in [1.165, 1.54) is 17.0 Å². The molecule has 0 spiro atoms. The number of aryl methyl sites for hydroxylation is 1. The van der Waals surface area contributed by atoms with Crippen molar-refractivity contribution < 1.29 is 19.0 Å². The van der Waals surface area contributed by atoms with E-state index in [9.17, 15) is 19.7 Å². The summed E-state index contributed by atoms with van der Waals surface area (Å²) < 4.78 is 5.01. The normalized spacial score (nSPS) is 10.5. The SMILES string of the molecule is Cc1cc(CN(C)C(=O)c2ccccc2NC(=O)c2ccc([N+](=O)[O-])cc2Cl)no1. The van der Waals surface area contributed by atoms with Gasteiger partial charge in [0.15, 0.2) is 0 Å². The summed E-state index contributed by atoms with van der Waals surface area (Å²) in [6, 6.07) is 11.8. The summed E-state index contributed by atoms with van der Waals surface area (Å²) in [5.74, 6) is -0.287. The van der Waals surface area contributed by atoms with Crippen LogP contribution in [-0.2, 0) is 6.54 Å². The second-order valence-corrected chi connectivity index (χ2v) is 6.92. The molecule has 2 amide bonds. The summed E-state index contributed by atoms with van der Waals surface area (Å²) in [5, 5.41) is 17.3. The molecule has 1 N–H and O–H groups in total. The molecule has 1 heterocycles. The number of halogens is 1. The molecule has 0 fully saturated rings. The summed E-state index contributed by atoms with van der Waals surface area (Å²) in [6.07, 6.45) is 0. The second-order valence-electron chi connectivity index (χ2n) is 6.51. The van der Waals surface area contributed by atoms with Gasteiger partial charge >= 0.3 is 0 Å². The predicted molar refractivity (Wildman–Crippen MR) is 110 cm³/mol. The summed E-state index contributed by atoms with van der Waals surface area (Å²) in [6.45, 7) is 1.99. The first-order valence-corrected chi connectivity index (χ1v) is 9.16. The van der Waals surface area contributed by atoms with Crippen molar-refractivity contribution in [2.75, 3.05) is 12.4 Å². The molecule has 0 aliphatic heterocycles. The van der Waals surface area contributed by atoms with E-state index >= 15 is 0 Å². The molecule has 0 atom stereocenters. The van der Waals surface area contributed by atoms with E-state index in [1.807, 2.05) is 0 Å². The van der Waals surface area contributed by atoms with Gasteiger partial charge in [-0.15, -0.1) is 0 Å². The molecule has 0 radical (unpaired) electrons. The number of anilines is 1. The van der Waals surface area contributed by atoms with Crippen LogP contribution in [0.25, 0.3) is 0 Å². The van der Waals surface area contributed by atoms with Gasteiger partial charge in [0.1, 0.15) is 11.5 Å². The number of nitro groups is 1. The van der Waals surface area contributed by atoms with Crippen molar-refractivity contribution in [2.24, 2.45) is 0 Å². The third-order valence-corrected chi connectivity index (χ3v) is 4.55. The summed E-state index contributed by atoms with van der Waals surface area (Å²) in [4.78, 5) is 37.2. The van der Waals surface area contributed by atoms with Gasteiger partial charge in [-0.2, -0.15) is 0 Å². The molecule has 0 unspecified atom stereocenters. The maximum absolute atomic E-state index is 12.9. The smallest absolute Gasteiger partial charge is 0.270 e. The van der Waals surface area contributed by atoms with Crippen LogP contribution in [-0.4, -0.2) is 33.8 Å². The second kappa shape index (κ2) is 8.75. The van der Waals surface area contributed by atoms with Crippen molar-refractivity contribution in [3.05, 3.63) is 86.2 Å². The summed E-state index contributed by atoms with van der Waals surface area (Å²) in [5.41, 5.74) is 0.979. The van der Waals surface area contributed by atoms with E-state index in [1.54, 1.807) is 44.3 Å². The van der Waals surface area contributed by atoms with Gasteiger partial charge < -0.3 is 14.7 Å². The zero-order valence-corrected chi connectivity index (χ0v) is 16.8. The first kappa shape index (κ1) is 21.0. The van der Waals surface area contributed by atoms with E-state index < -0.39 is 10.8 Å². The number of carbonyl (C=O) groups excluding carboxylic acids is 2. The number of para-hydroxylation sites is 1. The van der Waals surface area contributed by atoms with E-state index in [2.05, 4.69) is 10.5 Å². The molecule has 0 bridgehead atoms. The van der Waals surface area contributed by atoms with Gasteiger partial charge in [-0.3, -0.25) is 19.7 Å². The Labute approximate surface area is 176 Å². The minimum absolute atomic E-state index is 0.0518. The zero-order chi connectivity index (χ0) is 21.8. The number of amides is 2. The quantitative estimate of drug-likeness (QED) is 0.467. The van der Waals surface area contributed by atoms with E-state index in [0.29, 0.717) is 11.5 Å².